The zero-order valence-electron chi connectivity index (χ0n) is 17.5. The number of aromatic amines is 1. The molecule has 158 valence electrons. The van der Waals surface area contributed by atoms with Crippen LogP contribution in [-0.4, -0.2) is 55.1 Å². The van der Waals surface area contributed by atoms with Gasteiger partial charge in [-0.3, -0.25) is 4.99 Å². The number of hydrogen-bond acceptors (Lipinski definition) is 2. The summed E-state index contributed by atoms with van der Waals surface area (Å²) in [7, 11) is 1.82. The number of hydrogen-bond donors (Lipinski definition) is 3. The lowest BCUT2D eigenvalue weighted by Gasteiger charge is -2.21. The molecule has 0 spiro atoms. The average Bonchev–Trinajstić information content (AvgIpc) is 3.06. The van der Waals surface area contributed by atoms with Gasteiger partial charge in [0.05, 0.1) is 0 Å². The van der Waals surface area contributed by atoms with Gasteiger partial charge in [-0.05, 0) is 69.6 Å². The summed E-state index contributed by atoms with van der Waals surface area (Å²) < 4.78 is 0. The maximum atomic E-state index is 6.13. The molecular weight excluding hydrogens is 485 g/mol. The van der Waals surface area contributed by atoms with E-state index < -0.39 is 0 Å². The highest BCUT2D eigenvalue weighted by Crippen LogP contribution is 2.22. The van der Waals surface area contributed by atoms with Crippen LogP contribution in [0.5, 0.6) is 0 Å². The first-order chi connectivity index (χ1) is 13.1. The zero-order chi connectivity index (χ0) is 19.6. The van der Waals surface area contributed by atoms with E-state index in [-0.39, 0.29) is 24.0 Å². The van der Waals surface area contributed by atoms with Crippen molar-refractivity contribution in [2.75, 3.05) is 33.2 Å². The molecule has 2 aromatic rings. The number of nitrogens with zero attached hydrogens (tertiary/aromatic N) is 2. The molecule has 0 aliphatic heterocycles. The lowest BCUT2D eigenvalue weighted by atomic mass is 10.1. The van der Waals surface area contributed by atoms with Gasteiger partial charge in [-0.1, -0.05) is 25.4 Å². The Morgan fingerprint density at radius 3 is 2.71 bits per heavy atom. The van der Waals surface area contributed by atoms with Crippen LogP contribution in [0.3, 0.4) is 0 Å². The summed E-state index contributed by atoms with van der Waals surface area (Å²) in [5.74, 6) is 0.864. The minimum Gasteiger partial charge on any atom is -0.361 e. The lowest BCUT2D eigenvalue weighted by molar-refractivity contribution is 0.292. The first kappa shape index (κ1) is 25.0. The molecule has 0 saturated carbocycles. The van der Waals surface area contributed by atoms with Crippen LogP contribution in [0.1, 0.15) is 39.2 Å². The summed E-state index contributed by atoms with van der Waals surface area (Å²) in [6, 6.07) is 6.36. The molecule has 3 N–H and O–H groups in total. The van der Waals surface area contributed by atoms with Gasteiger partial charge in [0.15, 0.2) is 5.96 Å². The highest BCUT2D eigenvalue weighted by atomic mass is 127. The zero-order valence-corrected chi connectivity index (χ0v) is 20.6. The quantitative estimate of drug-likeness (QED) is 0.243. The fourth-order valence-corrected chi connectivity index (χ4v) is 3.51. The molecule has 1 atom stereocenters. The molecule has 0 fully saturated rings. The van der Waals surface area contributed by atoms with E-state index in [1.54, 1.807) is 0 Å². The van der Waals surface area contributed by atoms with E-state index in [1.165, 1.54) is 17.4 Å². The summed E-state index contributed by atoms with van der Waals surface area (Å²) in [6.07, 6.45) is 5.31. The van der Waals surface area contributed by atoms with Crippen molar-refractivity contribution in [3.05, 3.63) is 35.0 Å². The fraction of sp³-hybridized carbons (Fsp3) is 0.571. The van der Waals surface area contributed by atoms with Crippen LogP contribution in [-0.2, 0) is 6.42 Å². The number of nitrogens with one attached hydrogen (secondary N) is 3. The molecule has 0 radical (unpaired) electrons. The van der Waals surface area contributed by atoms with Gasteiger partial charge in [0, 0.05) is 41.8 Å². The summed E-state index contributed by atoms with van der Waals surface area (Å²) >= 11 is 6.13. The number of aromatic nitrogens is 1. The molecule has 0 aliphatic carbocycles. The molecule has 0 bridgehead atoms. The van der Waals surface area contributed by atoms with Crippen molar-refractivity contribution in [1.82, 2.24) is 20.5 Å². The molecular formula is C21H35ClIN5. The number of fused-ring (bicyclic) bond motifs is 1. The largest absolute Gasteiger partial charge is 0.361 e. The summed E-state index contributed by atoms with van der Waals surface area (Å²) in [4.78, 5) is 10.1. The highest BCUT2D eigenvalue weighted by Gasteiger charge is 2.08. The van der Waals surface area contributed by atoms with E-state index in [4.69, 9.17) is 11.6 Å². The van der Waals surface area contributed by atoms with Gasteiger partial charge in [-0.2, -0.15) is 0 Å². The molecule has 1 heterocycles. The second-order valence-electron chi connectivity index (χ2n) is 6.97. The molecule has 0 amide bonds. The van der Waals surface area contributed by atoms with Crippen molar-refractivity contribution in [3.8, 4) is 0 Å². The molecule has 28 heavy (non-hydrogen) atoms. The molecule has 2 rings (SSSR count). The van der Waals surface area contributed by atoms with Gasteiger partial charge in [-0.25, -0.2) is 0 Å². The van der Waals surface area contributed by atoms with Crippen molar-refractivity contribution in [3.63, 3.8) is 0 Å². The maximum absolute atomic E-state index is 6.13. The van der Waals surface area contributed by atoms with E-state index in [9.17, 15) is 0 Å². The number of rotatable bonds is 10. The van der Waals surface area contributed by atoms with Crippen LogP contribution >= 0.6 is 35.6 Å². The van der Waals surface area contributed by atoms with Crippen LogP contribution < -0.4 is 10.6 Å². The van der Waals surface area contributed by atoms with Crippen LogP contribution in [0.2, 0.25) is 5.02 Å². The van der Waals surface area contributed by atoms with Gasteiger partial charge in [0.1, 0.15) is 0 Å². The number of halogens is 2. The first-order valence-electron chi connectivity index (χ1n) is 10.0. The van der Waals surface area contributed by atoms with Crippen LogP contribution in [0, 0.1) is 0 Å². The Morgan fingerprint density at radius 1 is 1.29 bits per heavy atom. The molecule has 1 unspecified atom stereocenters. The summed E-state index contributed by atoms with van der Waals surface area (Å²) in [6.45, 7) is 10.9. The number of benzene rings is 1. The van der Waals surface area contributed by atoms with Crippen molar-refractivity contribution in [2.24, 2.45) is 4.99 Å². The number of H-pyrrole nitrogens is 1. The SMILES string of the molecule is CCN(CC)CCCC(C)NC(=NC)NCCc1c[nH]c2ccc(Cl)cc12.I. The minimum absolute atomic E-state index is 0. The topological polar surface area (TPSA) is 55.4 Å². The van der Waals surface area contributed by atoms with Gasteiger partial charge in [0.2, 0.25) is 0 Å². The first-order valence-corrected chi connectivity index (χ1v) is 10.4. The van der Waals surface area contributed by atoms with Gasteiger partial charge in [-0.15, -0.1) is 24.0 Å². The molecule has 1 aromatic heterocycles. The smallest absolute Gasteiger partial charge is 0.191 e. The fourth-order valence-electron chi connectivity index (χ4n) is 3.33. The van der Waals surface area contributed by atoms with E-state index in [1.807, 2.05) is 25.2 Å². The lowest BCUT2D eigenvalue weighted by Crippen LogP contribution is -2.43. The molecule has 7 heteroatoms. The third kappa shape index (κ3) is 7.79. The molecule has 1 aromatic carbocycles. The Labute approximate surface area is 191 Å². The molecule has 0 saturated heterocycles. The Kier molecular flexibility index (Phi) is 11.9. The van der Waals surface area contributed by atoms with Gasteiger partial charge >= 0.3 is 0 Å². The van der Waals surface area contributed by atoms with Crippen LogP contribution in [0.25, 0.3) is 10.9 Å². The van der Waals surface area contributed by atoms with Gasteiger partial charge in [0.25, 0.3) is 0 Å². The Hall–Kier alpha value is -0.990. The van der Waals surface area contributed by atoms with Crippen molar-refractivity contribution in [1.29, 1.82) is 0 Å². The maximum Gasteiger partial charge on any atom is 0.191 e. The minimum atomic E-state index is 0. The Bertz CT molecular complexity index is 727. The van der Waals surface area contributed by atoms with Crippen molar-refractivity contribution < 1.29 is 0 Å². The third-order valence-corrected chi connectivity index (χ3v) is 5.26. The number of aliphatic imine (C=N–C) groups is 1. The normalized spacial score (nSPS) is 12.9. The predicted octanol–water partition coefficient (Wildman–Crippen LogP) is 4.66. The van der Waals surface area contributed by atoms with E-state index in [0.29, 0.717) is 6.04 Å². The van der Waals surface area contributed by atoms with Crippen molar-refractivity contribution >= 4 is 52.4 Å². The van der Waals surface area contributed by atoms with Gasteiger partial charge < -0.3 is 20.5 Å². The highest BCUT2D eigenvalue weighted by molar-refractivity contribution is 14.0. The van der Waals surface area contributed by atoms with Crippen LogP contribution in [0.4, 0.5) is 0 Å². The monoisotopic (exact) mass is 519 g/mol. The Morgan fingerprint density at radius 2 is 2.04 bits per heavy atom. The third-order valence-electron chi connectivity index (χ3n) is 5.03. The number of guanidine groups is 1. The van der Waals surface area contributed by atoms with E-state index in [0.717, 1.165) is 55.5 Å². The van der Waals surface area contributed by atoms with E-state index >= 15 is 0 Å². The second-order valence-corrected chi connectivity index (χ2v) is 7.40. The van der Waals surface area contributed by atoms with E-state index in [2.05, 4.69) is 52.5 Å². The predicted molar refractivity (Wildman–Crippen MR) is 133 cm³/mol. The Balaban J connectivity index is 0.00000392. The van der Waals surface area contributed by atoms with Crippen molar-refractivity contribution in [2.45, 2.75) is 46.1 Å². The van der Waals surface area contributed by atoms with Crippen LogP contribution in [0.15, 0.2) is 29.4 Å². The summed E-state index contributed by atoms with van der Waals surface area (Å²) in [5, 5.41) is 8.88. The summed E-state index contributed by atoms with van der Waals surface area (Å²) in [5.41, 5.74) is 2.39. The average molecular weight is 520 g/mol. The molecule has 5 nitrogen and oxygen atoms in total. The second kappa shape index (κ2) is 13.3. The molecule has 0 aliphatic rings. The standard InChI is InChI=1S/C21H34ClN5.HI/c1-5-27(6-2)13-7-8-16(3)26-21(23-4)24-12-11-17-15-25-20-10-9-18(22)14-19(17)20;/h9-10,14-16,25H,5-8,11-13H2,1-4H3,(H2,23,24,26);1H.